The first kappa shape index (κ1) is 14.0. The van der Waals surface area contributed by atoms with Crippen LogP contribution in [0.5, 0.6) is 0 Å². The molecule has 2 aromatic rings. The summed E-state index contributed by atoms with van der Waals surface area (Å²) in [7, 11) is 0. The van der Waals surface area contributed by atoms with Crippen LogP contribution in [0.25, 0.3) is 0 Å². The molecule has 0 amide bonds. The van der Waals surface area contributed by atoms with E-state index < -0.39 is 0 Å². The van der Waals surface area contributed by atoms with Crippen LogP contribution in [0, 0.1) is 6.92 Å². The van der Waals surface area contributed by atoms with Crippen molar-refractivity contribution < 1.29 is 0 Å². The fraction of sp³-hybridized carbons (Fsp3) is 0.294. The van der Waals surface area contributed by atoms with Gasteiger partial charge in [0.25, 0.3) is 0 Å². The number of nitrogens with two attached hydrogens (primary N) is 1. The molecule has 1 aromatic carbocycles. The van der Waals surface area contributed by atoms with Crippen LogP contribution >= 0.6 is 12.2 Å². The molecule has 1 atom stereocenters. The van der Waals surface area contributed by atoms with E-state index >= 15 is 0 Å². The molecule has 1 saturated heterocycles. The van der Waals surface area contributed by atoms with Gasteiger partial charge in [0.05, 0.1) is 5.56 Å². The fourth-order valence-corrected chi connectivity index (χ4v) is 3.29. The molecule has 0 aliphatic carbocycles. The van der Waals surface area contributed by atoms with Gasteiger partial charge in [-0.05, 0) is 30.5 Å². The van der Waals surface area contributed by atoms with E-state index in [0.29, 0.717) is 10.9 Å². The van der Waals surface area contributed by atoms with Crippen molar-refractivity contribution in [3.05, 3.63) is 59.3 Å². The minimum atomic E-state index is 0.429. The lowest BCUT2D eigenvalue weighted by Crippen LogP contribution is -2.25. The average Bonchev–Trinajstić information content (AvgIpc) is 2.97. The molecule has 0 saturated carbocycles. The molecule has 1 aliphatic heterocycles. The molecule has 1 aliphatic rings. The first-order valence-corrected chi connectivity index (χ1v) is 7.63. The van der Waals surface area contributed by atoms with Crippen molar-refractivity contribution in [1.82, 2.24) is 4.98 Å². The monoisotopic (exact) mass is 297 g/mol. The van der Waals surface area contributed by atoms with Crippen molar-refractivity contribution in [2.24, 2.45) is 5.73 Å². The van der Waals surface area contributed by atoms with Gasteiger partial charge in [0.2, 0.25) is 0 Å². The molecule has 1 aromatic heterocycles. The first-order valence-electron chi connectivity index (χ1n) is 7.22. The lowest BCUT2D eigenvalue weighted by Gasteiger charge is -2.21. The van der Waals surface area contributed by atoms with Crippen molar-refractivity contribution >= 4 is 23.0 Å². The maximum atomic E-state index is 5.89. The number of anilines is 1. The molecule has 1 unspecified atom stereocenters. The zero-order valence-electron chi connectivity index (χ0n) is 12.1. The Hall–Kier alpha value is -1.94. The van der Waals surface area contributed by atoms with Crippen LogP contribution in [0.2, 0.25) is 0 Å². The second-order valence-corrected chi connectivity index (χ2v) is 5.97. The van der Waals surface area contributed by atoms with Gasteiger partial charge in [-0.1, -0.05) is 42.5 Å². The van der Waals surface area contributed by atoms with E-state index in [0.717, 1.165) is 36.5 Å². The molecule has 21 heavy (non-hydrogen) atoms. The molecule has 0 bridgehead atoms. The molecule has 4 heteroatoms. The summed E-state index contributed by atoms with van der Waals surface area (Å²) < 4.78 is 0. The van der Waals surface area contributed by atoms with Crippen molar-refractivity contribution in [3.8, 4) is 0 Å². The Balaban J connectivity index is 1.87. The van der Waals surface area contributed by atoms with Gasteiger partial charge in [-0.25, -0.2) is 4.98 Å². The third kappa shape index (κ3) is 2.76. The van der Waals surface area contributed by atoms with Crippen molar-refractivity contribution in [1.29, 1.82) is 0 Å². The summed E-state index contributed by atoms with van der Waals surface area (Å²) in [6, 6.07) is 12.6. The average molecular weight is 297 g/mol. The predicted molar refractivity (Wildman–Crippen MR) is 90.9 cm³/mol. The number of thiocarbonyl (C=S) groups is 1. The van der Waals surface area contributed by atoms with Gasteiger partial charge in [-0.15, -0.1) is 0 Å². The Bertz CT molecular complexity index is 654. The first-order chi connectivity index (χ1) is 10.2. The number of pyridine rings is 1. The number of hydrogen-bond acceptors (Lipinski definition) is 3. The fourth-order valence-electron chi connectivity index (χ4n) is 3.04. The van der Waals surface area contributed by atoms with E-state index in [-0.39, 0.29) is 0 Å². The molecular weight excluding hydrogens is 278 g/mol. The van der Waals surface area contributed by atoms with Gasteiger partial charge < -0.3 is 10.6 Å². The van der Waals surface area contributed by atoms with Gasteiger partial charge >= 0.3 is 0 Å². The zero-order valence-corrected chi connectivity index (χ0v) is 12.9. The molecule has 0 radical (unpaired) electrons. The molecule has 108 valence electrons. The van der Waals surface area contributed by atoms with E-state index in [1.54, 1.807) is 0 Å². The second-order valence-electron chi connectivity index (χ2n) is 5.53. The highest BCUT2D eigenvalue weighted by Crippen LogP contribution is 2.32. The van der Waals surface area contributed by atoms with Gasteiger partial charge in [-0.2, -0.15) is 0 Å². The number of rotatable bonds is 3. The van der Waals surface area contributed by atoms with Gasteiger partial charge in [0.1, 0.15) is 10.8 Å². The summed E-state index contributed by atoms with van der Waals surface area (Å²) in [6.45, 7) is 3.99. The van der Waals surface area contributed by atoms with Crippen LogP contribution < -0.4 is 10.6 Å². The van der Waals surface area contributed by atoms with E-state index in [1.165, 1.54) is 5.56 Å². The van der Waals surface area contributed by atoms with Crippen LogP contribution in [-0.4, -0.2) is 23.1 Å². The Morgan fingerprint density at radius 2 is 2.05 bits per heavy atom. The van der Waals surface area contributed by atoms with Gasteiger partial charge in [0.15, 0.2) is 0 Å². The summed E-state index contributed by atoms with van der Waals surface area (Å²) >= 11 is 5.21. The molecular formula is C17H19N3S. The third-order valence-electron chi connectivity index (χ3n) is 4.14. The summed E-state index contributed by atoms with van der Waals surface area (Å²) in [5.41, 5.74) is 9.30. The van der Waals surface area contributed by atoms with Crippen LogP contribution in [0.4, 0.5) is 5.82 Å². The maximum absolute atomic E-state index is 5.89. The van der Waals surface area contributed by atoms with Crippen LogP contribution in [-0.2, 0) is 0 Å². The number of nitrogens with zero attached hydrogens (tertiary/aromatic N) is 2. The van der Waals surface area contributed by atoms with Crippen molar-refractivity contribution in [2.75, 3.05) is 18.0 Å². The largest absolute Gasteiger partial charge is 0.389 e. The highest BCUT2D eigenvalue weighted by atomic mass is 32.1. The summed E-state index contributed by atoms with van der Waals surface area (Å²) in [5, 5.41) is 0. The van der Waals surface area contributed by atoms with Crippen molar-refractivity contribution in [3.63, 3.8) is 0 Å². The van der Waals surface area contributed by atoms with E-state index in [1.807, 2.05) is 19.2 Å². The second kappa shape index (κ2) is 5.82. The third-order valence-corrected chi connectivity index (χ3v) is 4.35. The summed E-state index contributed by atoms with van der Waals surface area (Å²) in [4.78, 5) is 7.26. The Morgan fingerprint density at radius 3 is 2.76 bits per heavy atom. The lowest BCUT2D eigenvalue weighted by atomic mass is 9.99. The van der Waals surface area contributed by atoms with E-state index in [4.69, 9.17) is 18.0 Å². The normalized spacial score (nSPS) is 18.0. The smallest absolute Gasteiger partial charge is 0.139 e. The molecule has 3 rings (SSSR count). The number of hydrogen-bond donors (Lipinski definition) is 1. The highest BCUT2D eigenvalue weighted by molar-refractivity contribution is 7.80. The van der Waals surface area contributed by atoms with E-state index in [2.05, 4.69) is 40.2 Å². The lowest BCUT2D eigenvalue weighted by molar-refractivity contribution is 0.774. The molecule has 2 heterocycles. The SMILES string of the molecule is Cc1ccnc(N2CCC(c3ccccc3)C2)c1C(N)=S. The zero-order chi connectivity index (χ0) is 14.8. The van der Waals surface area contributed by atoms with Crippen molar-refractivity contribution in [2.45, 2.75) is 19.3 Å². The predicted octanol–water partition coefficient (Wildman–Crippen LogP) is 3.02. The molecule has 3 nitrogen and oxygen atoms in total. The van der Waals surface area contributed by atoms with Crippen LogP contribution in [0.15, 0.2) is 42.6 Å². The van der Waals surface area contributed by atoms with Gasteiger partial charge in [-0.3, -0.25) is 0 Å². The number of aryl methyl sites for hydroxylation is 1. The Morgan fingerprint density at radius 1 is 1.29 bits per heavy atom. The number of benzene rings is 1. The quantitative estimate of drug-likeness (QED) is 0.884. The Labute approximate surface area is 130 Å². The summed E-state index contributed by atoms with van der Waals surface area (Å²) in [6.07, 6.45) is 2.97. The highest BCUT2D eigenvalue weighted by Gasteiger charge is 2.27. The topological polar surface area (TPSA) is 42.2 Å². The standard InChI is InChI=1S/C17H19N3S/c1-12-7-9-19-17(15(12)16(18)21)20-10-8-14(11-20)13-5-3-2-4-6-13/h2-7,9,14H,8,10-11H2,1H3,(H2,18,21). The molecule has 1 fully saturated rings. The molecule has 2 N–H and O–H groups in total. The van der Waals surface area contributed by atoms with Crippen LogP contribution in [0.3, 0.4) is 0 Å². The molecule has 0 spiro atoms. The maximum Gasteiger partial charge on any atom is 0.139 e. The minimum Gasteiger partial charge on any atom is -0.389 e. The van der Waals surface area contributed by atoms with Crippen LogP contribution in [0.1, 0.15) is 29.0 Å². The number of aromatic nitrogens is 1. The van der Waals surface area contributed by atoms with E-state index in [9.17, 15) is 0 Å². The minimum absolute atomic E-state index is 0.429. The summed E-state index contributed by atoms with van der Waals surface area (Å²) in [5.74, 6) is 1.48. The van der Waals surface area contributed by atoms with Gasteiger partial charge in [0, 0.05) is 25.2 Å². The Kier molecular flexibility index (Phi) is 3.88.